The molecule has 1 aromatic heterocycles. The number of benzene rings is 2. The maximum absolute atomic E-state index is 13.3. The van der Waals surface area contributed by atoms with Crippen LogP contribution in [0.1, 0.15) is 24.2 Å². The topological polar surface area (TPSA) is 88.6 Å². The number of hydrogen-bond acceptors (Lipinski definition) is 5. The maximum atomic E-state index is 13.3. The van der Waals surface area contributed by atoms with Gasteiger partial charge in [0.05, 0.1) is 28.4 Å². The second kappa shape index (κ2) is 8.55. The van der Waals surface area contributed by atoms with Gasteiger partial charge in [0.2, 0.25) is 10.0 Å². The zero-order chi connectivity index (χ0) is 22.2. The summed E-state index contributed by atoms with van der Waals surface area (Å²) in [6.45, 7) is 4.09. The quantitative estimate of drug-likeness (QED) is 0.638. The number of anilines is 1. The summed E-state index contributed by atoms with van der Waals surface area (Å²) in [4.78, 5) is 17.1. The highest BCUT2D eigenvalue weighted by Crippen LogP contribution is 2.29. The first-order valence-corrected chi connectivity index (χ1v) is 11.7. The van der Waals surface area contributed by atoms with Crippen molar-refractivity contribution in [2.75, 3.05) is 18.4 Å². The largest absolute Gasteiger partial charge is 0.373 e. The summed E-state index contributed by atoms with van der Waals surface area (Å²) in [5, 5.41) is 3.70. The van der Waals surface area contributed by atoms with Crippen LogP contribution in [-0.4, -0.2) is 48.9 Å². The Morgan fingerprint density at radius 2 is 1.87 bits per heavy atom. The molecular formula is C22H22ClN3O4S. The molecule has 2 heterocycles. The van der Waals surface area contributed by atoms with Crippen molar-refractivity contribution in [3.63, 3.8) is 0 Å². The number of amides is 1. The van der Waals surface area contributed by atoms with E-state index < -0.39 is 15.9 Å². The van der Waals surface area contributed by atoms with Gasteiger partial charge >= 0.3 is 0 Å². The number of nitrogens with one attached hydrogen (secondary N) is 1. The van der Waals surface area contributed by atoms with Gasteiger partial charge < -0.3 is 10.1 Å². The van der Waals surface area contributed by atoms with Crippen LogP contribution in [0.2, 0.25) is 5.02 Å². The maximum Gasteiger partial charge on any atom is 0.255 e. The smallest absolute Gasteiger partial charge is 0.255 e. The molecule has 1 amide bonds. The number of sulfonamides is 1. The van der Waals surface area contributed by atoms with Crippen molar-refractivity contribution in [2.24, 2.45) is 0 Å². The molecule has 2 aromatic carbocycles. The van der Waals surface area contributed by atoms with Crippen molar-refractivity contribution in [2.45, 2.75) is 31.0 Å². The first kappa shape index (κ1) is 21.7. The number of aromatic nitrogens is 1. The SMILES string of the molecule is CC1CN(S(=O)(=O)c2cc(C(=O)Nc3cccc4ncccc34)ccc2Cl)CC(C)O1. The Kier molecular flexibility index (Phi) is 5.98. The van der Waals surface area contributed by atoms with Gasteiger partial charge in [0.1, 0.15) is 4.90 Å². The summed E-state index contributed by atoms with van der Waals surface area (Å²) >= 11 is 6.24. The molecule has 31 heavy (non-hydrogen) atoms. The lowest BCUT2D eigenvalue weighted by molar-refractivity contribution is -0.0440. The van der Waals surface area contributed by atoms with Gasteiger partial charge in [-0.3, -0.25) is 9.78 Å². The van der Waals surface area contributed by atoms with E-state index in [1.54, 1.807) is 24.4 Å². The number of carbonyl (C=O) groups excluding carboxylic acids is 1. The van der Waals surface area contributed by atoms with E-state index in [-0.39, 0.29) is 40.8 Å². The van der Waals surface area contributed by atoms with Crippen LogP contribution in [0.4, 0.5) is 5.69 Å². The summed E-state index contributed by atoms with van der Waals surface area (Å²) in [6.07, 6.45) is 1.21. The standard InChI is InChI=1S/C22H22ClN3O4S/c1-14-12-26(13-15(2)30-14)31(28,29)21-11-16(8-9-18(21)23)22(27)25-20-7-3-6-19-17(20)5-4-10-24-19/h3-11,14-15H,12-13H2,1-2H3,(H,25,27). The lowest BCUT2D eigenvalue weighted by Gasteiger charge is -2.34. The Bertz CT molecular complexity index is 1230. The molecule has 0 radical (unpaired) electrons. The molecule has 0 bridgehead atoms. The molecule has 2 unspecified atom stereocenters. The average Bonchev–Trinajstić information content (AvgIpc) is 2.73. The van der Waals surface area contributed by atoms with Crippen molar-refractivity contribution >= 4 is 44.1 Å². The van der Waals surface area contributed by atoms with Crippen molar-refractivity contribution in [3.05, 3.63) is 65.3 Å². The number of pyridine rings is 1. The zero-order valence-electron chi connectivity index (χ0n) is 17.1. The predicted molar refractivity (Wildman–Crippen MR) is 120 cm³/mol. The number of nitrogens with zero attached hydrogens (tertiary/aromatic N) is 2. The van der Waals surface area contributed by atoms with Gasteiger partial charge in [-0.2, -0.15) is 4.31 Å². The van der Waals surface area contributed by atoms with Gasteiger partial charge in [-0.05, 0) is 56.3 Å². The Labute approximate surface area is 186 Å². The molecule has 0 aliphatic carbocycles. The van der Waals surface area contributed by atoms with E-state index in [0.29, 0.717) is 5.69 Å². The molecule has 7 nitrogen and oxygen atoms in total. The average molecular weight is 460 g/mol. The normalized spacial score (nSPS) is 20.0. The van der Waals surface area contributed by atoms with Gasteiger partial charge in [0.15, 0.2) is 0 Å². The van der Waals surface area contributed by atoms with Gasteiger partial charge in [0.25, 0.3) is 5.91 Å². The number of hydrogen-bond donors (Lipinski definition) is 1. The van der Waals surface area contributed by atoms with Crippen LogP contribution in [0.15, 0.2) is 59.6 Å². The fourth-order valence-corrected chi connectivity index (χ4v) is 5.81. The molecule has 2 atom stereocenters. The van der Waals surface area contributed by atoms with E-state index >= 15 is 0 Å². The van der Waals surface area contributed by atoms with Gasteiger partial charge in [-0.1, -0.05) is 17.7 Å². The highest BCUT2D eigenvalue weighted by atomic mass is 35.5. The lowest BCUT2D eigenvalue weighted by Crippen LogP contribution is -2.48. The minimum absolute atomic E-state index is 0.0673. The van der Waals surface area contributed by atoms with Crippen LogP contribution in [0.25, 0.3) is 10.9 Å². The van der Waals surface area contributed by atoms with Crippen molar-refractivity contribution < 1.29 is 17.9 Å². The number of fused-ring (bicyclic) bond motifs is 1. The van der Waals surface area contributed by atoms with Crippen molar-refractivity contribution in [3.8, 4) is 0 Å². The summed E-state index contributed by atoms with van der Waals surface area (Å²) in [5.74, 6) is -0.437. The molecule has 9 heteroatoms. The summed E-state index contributed by atoms with van der Waals surface area (Å²) in [5.41, 5.74) is 1.53. The number of carbonyl (C=O) groups is 1. The van der Waals surface area contributed by atoms with Crippen LogP contribution >= 0.6 is 11.6 Å². The number of ether oxygens (including phenoxy) is 1. The van der Waals surface area contributed by atoms with E-state index in [9.17, 15) is 13.2 Å². The van der Waals surface area contributed by atoms with Crippen LogP contribution in [0.3, 0.4) is 0 Å². The van der Waals surface area contributed by atoms with Crippen LogP contribution < -0.4 is 5.32 Å². The zero-order valence-corrected chi connectivity index (χ0v) is 18.7. The minimum Gasteiger partial charge on any atom is -0.373 e. The first-order chi connectivity index (χ1) is 14.8. The molecule has 1 N–H and O–H groups in total. The van der Waals surface area contributed by atoms with Crippen LogP contribution in [-0.2, 0) is 14.8 Å². The molecule has 3 aromatic rings. The van der Waals surface area contributed by atoms with E-state index in [2.05, 4.69) is 10.3 Å². The highest BCUT2D eigenvalue weighted by Gasteiger charge is 2.33. The highest BCUT2D eigenvalue weighted by molar-refractivity contribution is 7.89. The molecule has 1 fully saturated rings. The summed E-state index contributed by atoms with van der Waals surface area (Å²) in [7, 11) is -3.89. The molecule has 4 rings (SSSR count). The molecule has 1 aliphatic heterocycles. The second-order valence-electron chi connectivity index (χ2n) is 7.55. The molecule has 0 spiro atoms. The van der Waals surface area contributed by atoms with Crippen LogP contribution in [0, 0.1) is 0 Å². The third kappa shape index (κ3) is 4.43. The predicted octanol–water partition coefficient (Wildman–Crippen LogP) is 3.94. The Morgan fingerprint density at radius 3 is 2.61 bits per heavy atom. The van der Waals surface area contributed by atoms with Crippen molar-refractivity contribution in [1.29, 1.82) is 0 Å². The number of halogens is 1. The first-order valence-electron chi connectivity index (χ1n) is 9.86. The molecule has 0 saturated carbocycles. The minimum atomic E-state index is -3.89. The molecular weight excluding hydrogens is 438 g/mol. The molecule has 1 aliphatic rings. The number of morpholine rings is 1. The Hall–Kier alpha value is -2.52. The molecule has 162 valence electrons. The van der Waals surface area contributed by atoms with Crippen molar-refractivity contribution in [1.82, 2.24) is 9.29 Å². The fraction of sp³-hybridized carbons (Fsp3) is 0.273. The van der Waals surface area contributed by atoms with Gasteiger partial charge in [-0.15, -0.1) is 0 Å². The van der Waals surface area contributed by atoms with Gasteiger partial charge in [-0.25, -0.2) is 8.42 Å². The van der Waals surface area contributed by atoms with Crippen LogP contribution in [0.5, 0.6) is 0 Å². The third-order valence-corrected chi connectivity index (χ3v) is 7.40. The monoisotopic (exact) mass is 459 g/mol. The lowest BCUT2D eigenvalue weighted by atomic mass is 10.1. The summed E-state index contributed by atoms with van der Waals surface area (Å²) < 4.78 is 33.5. The molecule has 1 saturated heterocycles. The van der Waals surface area contributed by atoms with Gasteiger partial charge in [0, 0.05) is 30.2 Å². The Balaban J connectivity index is 1.65. The Morgan fingerprint density at radius 1 is 1.13 bits per heavy atom. The van der Waals surface area contributed by atoms with E-state index in [0.717, 1.165) is 10.9 Å². The van der Waals surface area contributed by atoms with E-state index in [4.69, 9.17) is 16.3 Å². The van der Waals surface area contributed by atoms with E-state index in [1.165, 1.54) is 22.5 Å². The van der Waals surface area contributed by atoms with E-state index in [1.807, 2.05) is 26.0 Å². The third-order valence-electron chi connectivity index (χ3n) is 5.09. The fourth-order valence-electron chi connectivity index (χ4n) is 3.72. The summed E-state index contributed by atoms with van der Waals surface area (Å²) in [6, 6.07) is 13.3. The second-order valence-corrected chi connectivity index (χ2v) is 9.87. The number of rotatable bonds is 4.